The van der Waals surface area contributed by atoms with Crippen LogP contribution >= 0.6 is 11.6 Å². The number of halogens is 1. The van der Waals surface area contributed by atoms with Gasteiger partial charge < -0.3 is 10.6 Å². The van der Waals surface area contributed by atoms with E-state index in [4.69, 9.17) is 17.3 Å². The van der Waals surface area contributed by atoms with Crippen molar-refractivity contribution in [2.75, 3.05) is 12.3 Å². The molecule has 1 aromatic carbocycles. The molecule has 4 heteroatoms. The minimum Gasteiger partial charge on any atom is -0.399 e. The second-order valence-electron chi connectivity index (χ2n) is 5.59. The quantitative estimate of drug-likeness (QED) is 0.799. The molecule has 0 bridgehead atoms. The molecule has 3 nitrogen and oxygen atoms in total. The highest BCUT2D eigenvalue weighted by Crippen LogP contribution is 2.21. The first-order valence-corrected chi connectivity index (χ1v) is 7.63. The zero-order valence-electron chi connectivity index (χ0n) is 12.8. The number of hydrogen-bond acceptors (Lipinski definition) is 2. The molecule has 112 valence electrons. The smallest absolute Gasteiger partial charge is 0.254 e. The molecule has 0 aromatic heterocycles. The summed E-state index contributed by atoms with van der Waals surface area (Å²) >= 11 is 6.00. The molecule has 0 heterocycles. The Bertz CT molecular complexity index is 436. The summed E-state index contributed by atoms with van der Waals surface area (Å²) in [6.07, 6.45) is 1.90. The summed E-state index contributed by atoms with van der Waals surface area (Å²) in [5, 5.41) is 0.502. The van der Waals surface area contributed by atoms with E-state index >= 15 is 0 Å². The van der Waals surface area contributed by atoms with Gasteiger partial charge >= 0.3 is 0 Å². The van der Waals surface area contributed by atoms with E-state index in [2.05, 4.69) is 27.7 Å². The van der Waals surface area contributed by atoms with Crippen LogP contribution in [0.5, 0.6) is 0 Å². The number of benzene rings is 1. The van der Waals surface area contributed by atoms with Gasteiger partial charge in [-0.05, 0) is 37.0 Å². The van der Waals surface area contributed by atoms with Gasteiger partial charge in [0.25, 0.3) is 5.91 Å². The average molecular weight is 297 g/mol. The monoisotopic (exact) mass is 296 g/mol. The molecule has 1 aromatic rings. The number of amides is 1. The van der Waals surface area contributed by atoms with Crippen molar-refractivity contribution in [2.24, 2.45) is 5.92 Å². The number of anilines is 1. The summed E-state index contributed by atoms with van der Waals surface area (Å²) in [5.74, 6) is 0.442. The van der Waals surface area contributed by atoms with Gasteiger partial charge in [0.2, 0.25) is 0 Å². The van der Waals surface area contributed by atoms with Crippen LogP contribution in [0.3, 0.4) is 0 Å². The van der Waals surface area contributed by atoms with E-state index in [-0.39, 0.29) is 11.9 Å². The van der Waals surface area contributed by atoms with Crippen LogP contribution in [0.2, 0.25) is 5.02 Å². The molecule has 0 saturated carbocycles. The summed E-state index contributed by atoms with van der Waals surface area (Å²) in [6.45, 7) is 9.21. The Balaban J connectivity index is 3.08. The van der Waals surface area contributed by atoms with Gasteiger partial charge in [0.05, 0.1) is 0 Å². The molecule has 0 aliphatic rings. The Hall–Kier alpha value is -1.22. The number of carbonyl (C=O) groups excluding carboxylic acids is 1. The van der Waals surface area contributed by atoms with E-state index in [9.17, 15) is 4.79 Å². The van der Waals surface area contributed by atoms with E-state index in [0.717, 1.165) is 19.4 Å². The van der Waals surface area contributed by atoms with Gasteiger partial charge in [0.15, 0.2) is 0 Å². The fourth-order valence-electron chi connectivity index (χ4n) is 2.42. The summed E-state index contributed by atoms with van der Waals surface area (Å²) in [6, 6.07) is 5.30. The number of rotatable bonds is 6. The predicted molar refractivity (Wildman–Crippen MR) is 86.1 cm³/mol. The number of hydrogen-bond donors (Lipinski definition) is 1. The fraction of sp³-hybridized carbons (Fsp3) is 0.562. The van der Waals surface area contributed by atoms with Crippen molar-refractivity contribution in [3.05, 3.63) is 28.8 Å². The first-order chi connectivity index (χ1) is 9.38. The van der Waals surface area contributed by atoms with Gasteiger partial charge in [-0.25, -0.2) is 0 Å². The van der Waals surface area contributed by atoms with E-state index in [0.29, 0.717) is 22.2 Å². The lowest BCUT2D eigenvalue weighted by atomic mass is 10.0. The second kappa shape index (κ2) is 7.53. The van der Waals surface area contributed by atoms with Crippen molar-refractivity contribution in [2.45, 2.75) is 46.6 Å². The van der Waals surface area contributed by atoms with Gasteiger partial charge in [0, 0.05) is 28.9 Å². The topological polar surface area (TPSA) is 46.3 Å². The summed E-state index contributed by atoms with van der Waals surface area (Å²) < 4.78 is 0. The highest BCUT2D eigenvalue weighted by Gasteiger charge is 2.23. The molecule has 0 spiro atoms. The van der Waals surface area contributed by atoms with E-state index in [1.165, 1.54) is 0 Å². The molecule has 0 unspecified atom stereocenters. The molecular weight excluding hydrogens is 272 g/mol. The summed E-state index contributed by atoms with van der Waals surface area (Å²) in [5.41, 5.74) is 6.88. The maximum Gasteiger partial charge on any atom is 0.254 e. The normalized spacial score (nSPS) is 11.2. The van der Waals surface area contributed by atoms with E-state index < -0.39 is 0 Å². The van der Waals surface area contributed by atoms with Gasteiger partial charge in [-0.15, -0.1) is 0 Å². The Morgan fingerprint density at radius 1 is 1.25 bits per heavy atom. The van der Waals surface area contributed by atoms with Crippen molar-refractivity contribution in [1.82, 2.24) is 4.90 Å². The summed E-state index contributed by atoms with van der Waals surface area (Å²) in [7, 11) is 0. The van der Waals surface area contributed by atoms with E-state index in [1.54, 1.807) is 18.2 Å². The molecule has 1 rings (SSSR count). The SMILES string of the molecule is CCC(CC)N(CC(C)C)C(=O)c1cc(N)cc(Cl)c1. The fourth-order valence-corrected chi connectivity index (χ4v) is 2.67. The Labute approximate surface area is 127 Å². The predicted octanol–water partition coefficient (Wildman–Crippen LogP) is 4.21. The third-order valence-electron chi connectivity index (χ3n) is 3.37. The number of nitrogens with two attached hydrogens (primary N) is 1. The molecule has 0 fully saturated rings. The molecule has 2 N–H and O–H groups in total. The minimum atomic E-state index is 0.0154. The molecular formula is C16H25ClN2O. The van der Waals surface area contributed by atoms with Crippen LogP contribution < -0.4 is 5.73 Å². The lowest BCUT2D eigenvalue weighted by Crippen LogP contribution is -2.42. The zero-order chi connectivity index (χ0) is 15.3. The van der Waals surface area contributed by atoms with Crippen LogP contribution in [0.1, 0.15) is 50.9 Å². The van der Waals surface area contributed by atoms with E-state index in [1.807, 2.05) is 4.90 Å². The lowest BCUT2D eigenvalue weighted by molar-refractivity contribution is 0.0640. The van der Waals surface area contributed by atoms with Crippen LogP contribution in [0.4, 0.5) is 5.69 Å². The van der Waals surface area contributed by atoms with Gasteiger partial charge in [0.1, 0.15) is 0 Å². The van der Waals surface area contributed by atoms with Crippen molar-refractivity contribution in [3.8, 4) is 0 Å². The maximum atomic E-state index is 12.8. The van der Waals surface area contributed by atoms with Crippen LogP contribution in [0.15, 0.2) is 18.2 Å². The highest BCUT2D eigenvalue weighted by molar-refractivity contribution is 6.31. The molecule has 20 heavy (non-hydrogen) atoms. The van der Waals surface area contributed by atoms with Crippen LogP contribution in [-0.4, -0.2) is 23.4 Å². The largest absolute Gasteiger partial charge is 0.399 e. The van der Waals surface area contributed by atoms with Gasteiger partial charge in [-0.3, -0.25) is 4.79 Å². The molecule has 0 saturated heterocycles. The number of carbonyl (C=O) groups is 1. The molecule has 0 atom stereocenters. The third kappa shape index (κ3) is 4.41. The van der Waals surface area contributed by atoms with Gasteiger partial charge in [-0.1, -0.05) is 39.3 Å². The van der Waals surface area contributed by atoms with Crippen LogP contribution in [0.25, 0.3) is 0 Å². The maximum absolute atomic E-state index is 12.8. The van der Waals surface area contributed by atoms with Gasteiger partial charge in [-0.2, -0.15) is 0 Å². The average Bonchev–Trinajstić information content (AvgIpc) is 2.36. The van der Waals surface area contributed by atoms with Crippen LogP contribution in [-0.2, 0) is 0 Å². The second-order valence-corrected chi connectivity index (χ2v) is 6.03. The minimum absolute atomic E-state index is 0.0154. The van der Waals surface area contributed by atoms with Crippen molar-refractivity contribution >= 4 is 23.2 Å². The Morgan fingerprint density at radius 3 is 2.30 bits per heavy atom. The highest BCUT2D eigenvalue weighted by atomic mass is 35.5. The Kier molecular flexibility index (Phi) is 6.34. The third-order valence-corrected chi connectivity index (χ3v) is 3.59. The summed E-state index contributed by atoms with van der Waals surface area (Å²) in [4.78, 5) is 14.7. The first-order valence-electron chi connectivity index (χ1n) is 7.26. The zero-order valence-corrected chi connectivity index (χ0v) is 13.6. The molecule has 0 aliphatic carbocycles. The van der Waals surface area contributed by atoms with Crippen molar-refractivity contribution in [3.63, 3.8) is 0 Å². The van der Waals surface area contributed by atoms with Crippen molar-refractivity contribution < 1.29 is 4.79 Å². The molecule has 1 amide bonds. The van der Waals surface area contributed by atoms with Crippen LogP contribution in [0, 0.1) is 5.92 Å². The Morgan fingerprint density at radius 2 is 1.85 bits per heavy atom. The van der Waals surface area contributed by atoms with Crippen molar-refractivity contribution in [1.29, 1.82) is 0 Å². The standard InChI is InChI=1S/C16H25ClN2O/c1-5-15(6-2)19(10-11(3)4)16(20)12-7-13(17)9-14(18)8-12/h7-9,11,15H,5-6,10,18H2,1-4H3. The molecule has 0 aliphatic heterocycles. The first kappa shape index (κ1) is 16.8. The lowest BCUT2D eigenvalue weighted by Gasteiger charge is -2.32. The number of nitrogen functional groups attached to an aromatic ring is 1. The number of nitrogens with zero attached hydrogens (tertiary/aromatic N) is 1. The molecule has 0 radical (unpaired) electrons.